The Labute approximate surface area is 86.3 Å². The van der Waals surface area contributed by atoms with Gasteiger partial charge in [0.15, 0.2) is 5.18 Å². The summed E-state index contributed by atoms with van der Waals surface area (Å²) in [6.07, 6.45) is 1.52. The summed E-state index contributed by atoms with van der Waals surface area (Å²) in [5, 5.41) is 8.54. The average Bonchev–Trinajstić information content (AvgIpc) is 1.89. The second kappa shape index (κ2) is 6.96. The summed E-state index contributed by atoms with van der Waals surface area (Å²) >= 11 is 5.88. The monoisotopic (exact) mass is 215 g/mol. The molecule has 0 radical (unpaired) electrons. The van der Waals surface area contributed by atoms with E-state index in [0.717, 1.165) is 19.5 Å². The van der Waals surface area contributed by atoms with Gasteiger partial charge in [0.1, 0.15) is 0 Å². The van der Waals surface area contributed by atoms with Crippen molar-refractivity contribution in [1.82, 2.24) is 4.90 Å². The fourth-order valence-electron chi connectivity index (χ4n) is 1.18. The number of aliphatic hydroxyl groups is 1. The summed E-state index contributed by atoms with van der Waals surface area (Å²) < 4.78 is 0. The van der Waals surface area contributed by atoms with Crippen LogP contribution in [0, 0.1) is 0 Å². The maximum atomic E-state index is 9.67. The molecule has 0 rings (SSSR count). The van der Waals surface area contributed by atoms with Gasteiger partial charge < -0.3 is 5.11 Å². The highest BCUT2D eigenvalue weighted by Crippen LogP contribution is 2.22. The summed E-state index contributed by atoms with van der Waals surface area (Å²) in [7, 11) is 0. The third-order valence-electron chi connectivity index (χ3n) is 1.82. The second-order valence-electron chi connectivity index (χ2n) is 2.64. The lowest BCUT2D eigenvalue weighted by Gasteiger charge is -2.32. The highest BCUT2D eigenvalue weighted by molar-refractivity contribution is 6.22. The molecule has 0 aliphatic carbocycles. The molecular formula is C8H19Cl2NO. The Kier molecular flexibility index (Phi) is 8.69. The Hall–Kier alpha value is 0.500. The molecule has 0 heterocycles. The van der Waals surface area contributed by atoms with Crippen molar-refractivity contribution in [2.45, 2.75) is 38.8 Å². The van der Waals surface area contributed by atoms with E-state index >= 15 is 0 Å². The SMILES string of the molecule is CCCC(O)(Cl)N(CC)CC.Cl. The van der Waals surface area contributed by atoms with Gasteiger partial charge in [-0.2, -0.15) is 0 Å². The molecule has 0 bridgehead atoms. The van der Waals surface area contributed by atoms with Crippen molar-refractivity contribution in [1.29, 1.82) is 0 Å². The van der Waals surface area contributed by atoms with Gasteiger partial charge >= 0.3 is 0 Å². The summed E-state index contributed by atoms with van der Waals surface area (Å²) in [6.45, 7) is 7.57. The molecule has 1 N–H and O–H groups in total. The standard InChI is InChI=1S/C8H18ClNO.ClH/c1-4-7-8(9,11)10(5-2)6-3;/h11H,4-7H2,1-3H3;1H. The van der Waals surface area contributed by atoms with Crippen molar-refractivity contribution in [3.05, 3.63) is 0 Å². The summed E-state index contributed by atoms with van der Waals surface area (Å²) in [4.78, 5) is 1.85. The molecule has 1 unspecified atom stereocenters. The fraction of sp³-hybridized carbons (Fsp3) is 1.00. The van der Waals surface area contributed by atoms with Crippen molar-refractivity contribution < 1.29 is 5.11 Å². The van der Waals surface area contributed by atoms with Gasteiger partial charge in [0.05, 0.1) is 0 Å². The van der Waals surface area contributed by atoms with Gasteiger partial charge in [-0.3, -0.25) is 4.90 Å². The maximum absolute atomic E-state index is 9.67. The normalized spacial score (nSPS) is 15.5. The quantitative estimate of drug-likeness (QED) is 0.433. The predicted molar refractivity (Wildman–Crippen MR) is 55.9 cm³/mol. The minimum atomic E-state index is -1.13. The predicted octanol–water partition coefficient (Wildman–Crippen LogP) is 2.44. The Balaban J connectivity index is 0. The average molecular weight is 216 g/mol. The third-order valence-corrected chi connectivity index (χ3v) is 2.24. The van der Waals surface area contributed by atoms with Crippen LogP contribution in [0.1, 0.15) is 33.6 Å². The summed E-state index contributed by atoms with van der Waals surface area (Å²) in [5.74, 6) is 0. The smallest absolute Gasteiger partial charge is 0.196 e. The van der Waals surface area contributed by atoms with Crippen LogP contribution >= 0.6 is 24.0 Å². The Bertz CT molecular complexity index is 105. The van der Waals surface area contributed by atoms with Crippen LogP contribution in [0.4, 0.5) is 0 Å². The highest BCUT2D eigenvalue weighted by atomic mass is 35.5. The number of nitrogens with zero attached hydrogens (tertiary/aromatic N) is 1. The highest BCUT2D eigenvalue weighted by Gasteiger charge is 2.27. The molecule has 0 aliphatic rings. The molecule has 0 aliphatic heterocycles. The largest absolute Gasteiger partial charge is 0.363 e. The molecule has 0 aromatic rings. The van der Waals surface area contributed by atoms with Crippen molar-refractivity contribution in [2.75, 3.05) is 13.1 Å². The molecule has 0 aromatic heterocycles. The topological polar surface area (TPSA) is 23.5 Å². The molecular weight excluding hydrogens is 197 g/mol. The lowest BCUT2D eigenvalue weighted by Crippen LogP contribution is -2.43. The Morgan fingerprint density at radius 3 is 1.92 bits per heavy atom. The van der Waals surface area contributed by atoms with Crippen molar-refractivity contribution in [3.8, 4) is 0 Å². The first kappa shape index (κ1) is 15.0. The van der Waals surface area contributed by atoms with Crippen molar-refractivity contribution in [3.63, 3.8) is 0 Å². The van der Waals surface area contributed by atoms with Crippen LogP contribution in [0.2, 0.25) is 0 Å². The summed E-state index contributed by atoms with van der Waals surface area (Å²) in [5.41, 5.74) is 0. The maximum Gasteiger partial charge on any atom is 0.196 e. The number of rotatable bonds is 5. The van der Waals surface area contributed by atoms with E-state index in [2.05, 4.69) is 0 Å². The van der Waals surface area contributed by atoms with E-state index in [4.69, 9.17) is 11.6 Å². The van der Waals surface area contributed by atoms with E-state index in [9.17, 15) is 5.11 Å². The molecule has 0 aromatic carbocycles. The van der Waals surface area contributed by atoms with E-state index in [1.807, 2.05) is 25.7 Å². The minimum absolute atomic E-state index is 0. The summed E-state index contributed by atoms with van der Waals surface area (Å²) in [6, 6.07) is 0. The lowest BCUT2D eigenvalue weighted by molar-refractivity contribution is -0.0372. The first-order valence-corrected chi connectivity index (χ1v) is 4.62. The van der Waals surface area contributed by atoms with Gasteiger partial charge in [-0.05, 0) is 13.1 Å². The van der Waals surface area contributed by atoms with Crippen molar-refractivity contribution in [2.24, 2.45) is 0 Å². The Morgan fingerprint density at radius 1 is 1.25 bits per heavy atom. The van der Waals surface area contributed by atoms with Gasteiger partial charge in [0, 0.05) is 6.42 Å². The molecule has 0 saturated carbocycles. The third kappa shape index (κ3) is 4.51. The number of hydrogen-bond acceptors (Lipinski definition) is 2. The van der Waals surface area contributed by atoms with Crippen LogP contribution in [-0.4, -0.2) is 28.3 Å². The van der Waals surface area contributed by atoms with Crippen LogP contribution in [0.25, 0.3) is 0 Å². The van der Waals surface area contributed by atoms with Crippen LogP contribution < -0.4 is 0 Å². The zero-order valence-corrected chi connectivity index (χ0v) is 9.58. The van der Waals surface area contributed by atoms with Gasteiger partial charge in [0.25, 0.3) is 0 Å². The zero-order chi connectivity index (χ0) is 8.91. The Morgan fingerprint density at radius 2 is 1.67 bits per heavy atom. The second-order valence-corrected chi connectivity index (χ2v) is 3.25. The van der Waals surface area contributed by atoms with Crippen molar-refractivity contribution >= 4 is 24.0 Å². The number of hydrogen-bond donors (Lipinski definition) is 1. The molecule has 0 spiro atoms. The molecule has 76 valence electrons. The van der Waals surface area contributed by atoms with E-state index in [0.29, 0.717) is 6.42 Å². The van der Waals surface area contributed by atoms with Crippen LogP contribution in [0.15, 0.2) is 0 Å². The molecule has 2 nitrogen and oxygen atoms in total. The molecule has 1 atom stereocenters. The molecule has 0 fully saturated rings. The number of halogens is 2. The van der Waals surface area contributed by atoms with Crippen LogP contribution in [0.3, 0.4) is 0 Å². The first-order valence-electron chi connectivity index (χ1n) is 4.24. The molecule has 12 heavy (non-hydrogen) atoms. The van der Waals surface area contributed by atoms with E-state index in [1.54, 1.807) is 0 Å². The van der Waals surface area contributed by atoms with Gasteiger partial charge in [-0.1, -0.05) is 38.8 Å². The van der Waals surface area contributed by atoms with E-state index in [1.165, 1.54) is 0 Å². The van der Waals surface area contributed by atoms with Gasteiger partial charge in [0.2, 0.25) is 0 Å². The lowest BCUT2D eigenvalue weighted by atomic mass is 10.2. The molecule has 4 heteroatoms. The molecule has 0 amide bonds. The van der Waals surface area contributed by atoms with Gasteiger partial charge in [-0.15, -0.1) is 12.4 Å². The van der Waals surface area contributed by atoms with Crippen LogP contribution in [0.5, 0.6) is 0 Å². The van der Waals surface area contributed by atoms with Gasteiger partial charge in [-0.25, -0.2) is 0 Å². The minimum Gasteiger partial charge on any atom is -0.363 e. The first-order chi connectivity index (χ1) is 5.08. The zero-order valence-electron chi connectivity index (χ0n) is 8.01. The number of alkyl halides is 1. The van der Waals surface area contributed by atoms with E-state index in [-0.39, 0.29) is 12.4 Å². The van der Waals surface area contributed by atoms with E-state index < -0.39 is 5.18 Å². The molecule has 0 saturated heterocycles. The van der Waals surface area contributed by atoms with Crippen LogP contribution in [-0.2, 0) is 0 Å². The fourth-order valence-corrected chi connectivity index (χ4v) is 1.61.